The Bertz CT molecular complexity index is 791. The summed E-state index contributed by atoms with van der Waals surface area (Å²) in [5.41, 5.74) is -0.487. The molecule has 1 aromatic rings. The number of aliphatic hydroxyl groups is 1. The Kier molecular flexibility index (Phi) is 4.61. The van der Waals surface area contributed by atoms with Gasteiger partial charge in [-0.05, 0) is 67.9 Å². The molecule has 5 rings (SSSR count). The second kappa shape index (κ2) is 6.84. The number of amides is 1. The number of non-ortho nitro benzene ring substituents is 1. The van der Waals surface area contributed by atoms with Crippen molar-refractivity contribution in [3.05, 3.63) is 34.4 Å². The minimum atomic E-state index is -0.627. The molecule has 2 unspecified atom stereocenters. The number of anilines is 1. The number of hydrogen-bond acceptors (Lipinski definition) is 6. The molecule has 28 heavy (non-hydrogen) atoms. The van der Waals surface area contributed by atoms with E-state index < -0.39 is 29.0 Å². The van der Waals surface area contributed by atoms with E-state index in [1.807, 2.05) is 0 Å². The van der Waals surface area contributed by atoms with Crippen molar-refractivity contribution in [3.8, 4) is 0 Å². The monoisotopic (exact) mass is 388 g/mol. The van der Waals surface area contributed by atoms with Gasteiger partial charge in [0.05, 0.1) is 16.9 Å². The Morgan fingerprint density at radius 1 is 1.18 bits per heavy atom. The predicted octanol–water partition coefficient (Wildman–Crippen LogP) is 2.80. The van der Waals surface area contributed by atoms with Gasteiger partial charge in [0.1, 0.15) is 0 Å². The second-order valence-electron chi connectivity index (χ2n) is 8.87. The number of carbonyl (C=O) groups excluding carboxylic acids is 2. The van der Waals surface area contributed by atoms with Crippen LogP contribution in [0.25, 0.3) is 0 Å². The first-order valence-corrected chi connectivity index (χ1v) is 9.67. The van der Waals surface area contributed by atoms with Crippen LogP contribution in [-0.4, -0.2) is 34.1 Å². The number of nitro benzene ring substituents is 1. The van der Waals surface area contributed by atoms with Gasteiger partial charge < -0.3 is 15.2 Å². The van der Waals surface area contributed by atoms with Gasteiger partial charge >= 0.3 is 5.97 Å². The van der Waals surface area contributed by atoms with Gasteiger partial charge in [0.2, 0.25) is 0 Å². The number of nitrogens with zero attached hydrogens (tertiary/aromatic N) is 1. The highest BCUT2D eigenvalue weighted by molar-refractivity contribution is 5.92. The topological polar surface area (TPSA) is 119 Å². The average Bonchev–Trinajstić information content (AvgIpc) is 2.58. The van der Waals surface area contributed by atoms with Gasteiger partial charge in [-0.15, -0.1) is 0 Å². The summed E-state index contributed by atoms with van der Waals surface area (Å²) >= 11 is 0. The van der Waals surface area contributed by atoms with Crippen molar-refractivity contribution >= 4 is 23.3 Å². The Hall–Kier alpha value is -2.48. The summed E-state index contributed by atoms with van der Waals surface area (Å²) in [7, 11) is 0. The van der Waals surface area contributed by atoms with E-state index >= 15 is 0 Å². The van der Waals surface area contributed by atoms with Crippen molar-refractivity contribution in [2.75, 3.05) is 11.9 Å². The Morgan fingerprint density at radius 3 is 2.39 bits per heavy atom. The summed E-state index contributed by atoms with van der Waals surface area (Å²) in [6, 6.07) is 5.43. The van der Waals surface area contributed by atoms with Gasteiger partial charge in [-0.1, -0.05) is 0 Å². The lowest BCUT2D eigenvalue weighted by atomic mass is 9.47. The summed E-state index contributed by atoms with van der Waals surface area (Å²) in [5, 5.41) is 23.9. The van der Waals surface area contributed by atoms with E-state index in [0.717, 1.165) is 32.1 Å². The molecule has 1 amide bonds. The summed E-state index contributed by atoms with van der Waals surface area (Å²) in [4.78, 5) is 34.5. The molecule has 0 aliphatic heterocycles. The zero-order valence-corrected chi connectivity index (χ0v) is 15.6. The number of hydrogen-bond donors (Lipinski definition) is 2. The highest BCUT2D eigenvalue weighted by Gasteiger charge is 2.57. The lowest BCUT2D eigenvalue weighted by Gasteiger charge is -2.60. The van der Waals surface area contributed by atoms with E-state index in [1.165, 1.54) is 24.3 Å². The number of nitrogens with one attached hydrogen (secondary N) is 1. The van der Waals surface area contributed by atoms with Crippen molar-refractivity contribution in [1.29, 1.82) is 0 Å². The third kappa shape index (κ3) is 3.87. The van der Waals surface area contributed by atoms with Crippen LogP contribution >= 0.6 is 0 Å². The van der Waals surface area contributed by atoms with Crippen LogP contribution in [0.1, 0.15) is 44.9 Å². The number of carbonyl (C=O) groups is 2. The lowest BCUT2D eigenvalue weighted by Crippen LogP contribution is -2.56. The third-order valence-corrected chi connectivity index (χ3v) is 6.40. The molecule has 150 valence electrons. The standard InChI is InChI=1S/C20H24N2O6/c23-17(21-15-1-3-16(4-2-15)22(26)27)11-28-18(24)10-19-6-13-5-14(7-19)9-20(25,8-13)12-19/h1-4,13-14,25H,5-12H2,(H,21,23)/t13-,14+,19?,20?. The minimum absolute atomic E-state index is 0.0679. The molecule has 4 bridgehead atoms. The van der Waals surface area contributed by atoms with Crippen molar-refractivity contribution < 1.29 is 24.4 Å². The molecular formula is C20H24N2O6. The van der Waals surface area contributed by atoms with Crippen LogP contribution in [0.15, 0.2) is 24.3 Å². The zero-order valence-electron chi connectivity index (χ0n) is 15.6. The van der Waals surface area contributed by atoms with E-state index in [1.54, 1.807) is 0 Å². The molecule has 4 atom stereocenters. The molecule has 4 aliphatic rings. The highest BCUT2D eigenvalue weighted by atomic mass is 16.6. The fraction of sp³-hybridized carbons (Fsp3) is 0.600. The van der Waals surface area contributed by atoms with Crippen molar-refractivity contribution in [2.24, 2.45) is 17.3 Å². The first-order chi connectivity index (χ1) is 13.2. The molecule has 0 radical (unpaired) electrons. The number of nitro groups is 1. The van der Waals surface area contributed by atoms with E-state index in [9.17, 15) is 24.8 Å². The average molecular weight is 388 g/mol. The Morgan fingerprint density at radius 2 is 1.82 bits per heavy atom. The Balaban J connectivity index is 1.27. The predicted molar refractivity (Wildman–Crippen MR) is 99.4 cm³/mol. The summed E-state index contributed by atoms with van der Waals surface area (Å²) in [6.45, 7) is -0.400. The summed E-state index contributed by atoms with van der Waals surface area (Å²) < 4.78 is 5.17. The maximum absolute atomic E-state index is 12.3. The quantitative estimate of drug-likeness (QED) is 0.439. The Labute approximate surface area is 162 Å². The van der Waals surface area contributed by atoms with E-state index in [-0.39, 0.29) is 17.5 Å². The van der Waals surface area contributed by atoms with Gasteiger partial charge in [0.25, 0.3) is 11.6 Å². The molecule has 0 aromatic heterocycles. The fourth-order valence-electron chi connectivity index (χ4n) is 5.98. The van der Waals surface area contributed by atoms with Gasteiger partial charge in [-0.25, -0.2) is 0 Å². The molecule has 4 aliphatic carbocycles. The normalized spacial score (nSPS) is 32.8. The smallest absolute Gasteiger partial charge is 0.306 e. The van der Waals surface area contributed by atoms with Gasteiger partial charge in [-0.3, -0.25) is 19.7 Å². The zero-order chi connectivity index (χ0) is 19.9. The van der Waals surface area contributed by atoms with Crippen LogP contribution in [0.4, 0.5) is 11.4 Å². The maximum Gasteiger partial charge on any atom is 0.306 e. The van der Waals surface area contributed by atoms with E-state index in [4.69, 9.17) is 4.74 Å². The van der Waals surface area contributed by atoms with Crippen molar-refractivity contribution in [2.45, 2.75) is 50.5 Å². The highest BCUT2D eigenvalue weighted by Crippen LogP contribution is 2.62. The molecule has 4 saturated carbocycles. The van der Waals surface area contributed by atoms with Crippen LogP contribution in [-0.2, 0) is 14.3 Å². The SMILES string of the molecule is O=C(COC(=O)CC12C[C@@H]3C[C@@H](CC(O)(C3)C1)C2)Nc1ccc([N+](=O)[O-])cc1. The molecule has 8 nitrogen and oxygen atoms in total. The second-order valence-corrected chi connectivity index (χ2v) is 8.87. The molecule has 2 N–H and O–H groups in total. The molecular weight excluding hydrogens is 364 g/mol. The van der Waals surface area contributed by atoms with Crippen molar-refractivity contribution in [1.82, 2.24) is 0 Å². The van der Waals surface area contributed by atoms with E-state index in [2.05, 4.69) is 5.32 Å². The minimum Gasteiger partial charge on any atom is -0.456 e. The summed E-state index contributed by atoms with van der Waals surface area (Å²) in [5.74, 6) is 0.0738. The van der Waals surface area contributed by atoms with Crippen LogP contribution in [0, 0.1) is 27.4 Å². The molecule has 4 fully saturated rings. The first-order valence-electron chi connectivity index (χ1n) is 9.67. The first kappa shape index (κ1) is 18.9. The van der Waals surface area contributed by atoms with Crippen LogP contribution in [0.3, 0.4) is 0 Å². The largest absolute Gasteiger partial charge is 0.456 e. The number of rotatable bonds is 6. The molecule has 0 saturated heterocycles. The molecule has 1 aromatic carbocycles. The molecule has 0 heterocycles. The van der Waals surface area contributed by atoms with Crippen molar-refractivity contribution in [3.63, 3.8) is 0 Å². The lowest BCUT2D eigenvalue weighted by molar-refractivity contribution is -0.384. The van der Waals surface area contributed by atoms with E-state index in [0.29, 0.717) is 23.9 Å². The fourth-order valence-corrected chi connectivity index (χ4v) is 5.98. The molecule has 8 heteroatoms. The van der Waals surface area contributed by atoms with Crippen LogP contribution in [0.2, 0.25) is 0 Å². The van der Waals surface area contributed by atoms with Gasteiger partial charge in [-0.2, -0.15) is 0 Å². The maximum atomic E-state index is 12.3. The number of esters is 1. The third-order valence-electron chi connectivity index (χ3n) is 6.40. The number of benzene rings is 1. The van der Waals surface area contributed by atoms with Gasteiger partial charge in [0, 0.05) is 17.8 Å². The van der Waals surface area contributed by atoms with Gasteiger partial charge in [0.15, 0.2) is 6.61 Å². The van der Waals surface area contributed by atoms with Crippen LogP contribution < -0.4 is 5.32 Å². The number of ether oxygens (including phenoxy) is 1. The summed E-state index contributed by atoms with van der Waals surface area (Å²) in [6.07, 6.45) is 5.64. The van der Waals surface area contributed by atoms with Crippen LogP contribution in [0.5, 0.6) is 0 Å². The molecule has 0 spiro atoms.